The van der Waals surface area contributed by atoms with Gasteiger partial charge in [-0.3, -0.25) is 4.72 Å². The quantitative estimate of drug-likeness (QED) is 0.849. The standard InChI is InChI=1S/C14H16ClN3O2S/c1-8-4-9(2)17-14(5-8)18-21(19,20)11-6-12(15)10(3)13(16)7-11/h4-7H,16H2,1-3H3,(H,17,18). The van der Waals surface area contributed by atoms with Crippen LogP contribution in [-0.2, 0) is 10.0 Å². The first-order chi connectivity index (χ1) is 9.69. The molecule has 3 N–H and O–H groups in total. The molecule has 1 aromatic carbocycles. The van der Waals surface area contributed by atoms with Crippen molar-refractivity contribution in [1.82, 2.24) is 4.98 Å². The maximum Gasteiger partial charge on any atom is 0.263 e. The largest absolute Gasteiger partial charge is 0.398 e. The Balaban J connectivity index is 2.43. The summed E-state index contributed by atoms with van der Waals surface area (Å²) in [6.45, 7) is 5.39. The number of hydrogen-bond acceptors (Lipinski definition) is 4. The van der Waals surface area contributed by atoms with Gasteiger partial charge in [0, 0.05) is 16.4 Å². The van der Waals surface area contributed by atoms with Crippen molar-refractivity contribution in [3.05, 3.63) is 46.1 Å². The van der Waals surface area contributed by atoms with Gasteiger partial charge in [0.25, 0.3) is 10.0 Å². The van der Waals surface area contributed by atoms with Crippen molar-refractivity contribution in [3.8, 4) is 0 Å². The molecule has 2 aromatic rings. The van der Waals surface area contributed by atoms with Gasteiger partial charge in [0.1, 0.15) is 5.82 Å². The van der Waals surface area contributed by atoms with Crippen LogP contribution in [0.25, 0.3) is 0 Å². The maximum atomic E-state index is 12.4. The average molecular weight is 326 g/mol. The van der Waals surface area contributed by atoms with Gasteiger partial charge in [-0.2, -0.15) is 0 Å². The van der Waals surface area contributed by atoms with Crippen LogP contribution in [0.3, 0.4) is 0 Å². The van der Waals surface area contributed by atoms with E-state index in [1.807, 2.05) is 13.0 Å². The molecule has 2 rings (SSSR count). The van der Waals surface area contributed by atoms with Gasteiger partial charge in [0.2, 0.25) is 0 Å². The lowest BCUT2D eigenvalue weighted by Crippen LogP contribution is -2.15. The van der Waals surface area contributed by atoms with Crippen LogP contribution in [-0.4, -0.2) is 13.4 Å². The lowest BCUT2D eigenvalue weighted by molar-refractivity contribution is 0.601. The number of nitrogen functional groups attached to an aromatic ring is 1. The first kappa shape index (κ1) is 15.6. The van der Waals surface area contributed by atoms with E-state index in [4.69, 9.17) is 17.3 Å². The predicted octanol–water partition coefficient (Wildman–Crippen LogP) is 3.04. The Kier molecular flexibility index (Phi) is 4.11. The van der Waals surface area contributed by atoms with Gasteiger partial charge in [-0.1, -0.05) is 11.6 Å². The molecule has 0 bridgehead atoms. The summed E-state index contributed by atoms with van der Waals surface area (Å²) in [5.74, 6) is 0.266. The maximum absolute atomic E-state index is 12.4. The second-order valence-corrected chi connectivity index (χ2v) is 6.99. The molecule has 0 saturated carbocycles. The van der Waals surface area contributed by atoms with Crippen LogP contribution in [0, 0.1) is 20.8 Å². The average Bonchev–Trinajstić information content (AvgIpc) is 2.33. The molecule has 5 nitrogen and oxygen atoms in total. The number of halogens is 1. The summed E-state index contributed by atoms with van der Waals surface area (Å²) in [6, 6.07) is 6.27. The molecule has 21 heavy (non-hydrogen) atoms. The van der Waals surface area contributed by atoms with Gasteiger partial charge in [-0.15, -0.1) is 0 Å². The van der Waals surface area contributed by atoms with Crippen molar-refractivity contribution in [2.24, 2.45) is 0 Å². The molecule has 0 unspecified atom stereocenters. The minimum Gasteiger partial charge on any atom is -0.398 e. The highest BCUT2D eigenvalue weighted by molar-refractivity contribution is 7.92. The number of nitrogens with two attached hydrogens (primary N) is 1. The van der Waals surface area contributed by atoms with E-state index in [1.165, 1.54) is 12.1 Å². The first-order valence-corrected chi connectivity index (χ1v) is 8.09. The number of sulfonamides is 1. The number of anilines is 2. The van der Waals surface area contributed by atoms with Crippen LogP contribution >= 0.6 is 11.6 Å². The minimum atomic E-state index is -3.79. The molecule has 0 fully saturated rings. The fourth-order valence-electron chi connectivity index (χ4n) is 1.92. The Bertz CT molecular complexity index is 761. The molecular formula is C14H16ClN3O2S. The van der Waals surface area contributed by atoms with Crippen LogP contribution in [0.5, 0.6) is 0 Å². The molecule has 7 heteroatoms. The van der Waals surface area contributed by atoms with Gasteiger partial charge >= 0.3 is 0 Å². The summed E-state index contributed by atoms with van der Waals surface area (Å²) in [4.78, 5) is 4.16. The summed E-state index contributed by atoms with van der Waals surface area (Å²) >= 11 is 5.99. The van der Waals surface area contributed by atoms with E-state index in [2.05, 4.69) is 9.71 Å². The Labute approximate surface area is 129 Å². The lowest BCUT2D eigenvalue weighted by Gasteiger charge is -2.11. The Morgan fingerprint density at radius 3 is 2.38 bits per heavy atom. The number of nitrogens with one attached hydrogen (secondary N) is 1. The third kappa shape index (κ3) is 3.46. The zero-order valence-corrected chi connectivity index (χ0v) is 13.5. The van der Waals surface area contributed by atoms with E-state index in [0.29, 0.717) is 16.3 Å². The fourth-order valence-corrected chi connectivity index (χ4v) is 3.26. The molecule has 1 aromatic heterocycles. The molecule has 0 aliphatic heterocycles. The SMILES string of the molecule is Cc1cc(C)nc(NS(=O)(=O)c2cc(N)c(C)c(Cl)c2)c1. The third-order valence-electron chi connectivity index (χ3n) is 3.00. The van der Waals surface area contributed by atoms with E-state index < -0.39 is 10.0 Å². The van der Waals surface area contributed by atoms with Crippen molar-refractivity contribution >= 4 is 33.1 Å². The number of aromatic nitrogens is 1. The smallest absolute Gasteiger partial charge is 0.263 e. The summed E-state index contributed by atoms with van der Waals surface area (Å²) in [5.41, 5.74) is 8.40. The zero-order chi connectivity index (χ0) is 15.8. The summed E-state index contributed by atoms with van der Waals surface area (Å²) < 4.78 is 27.2. The molecule has 112 valence electrons. The number of nitrogens with zero attached hydrogens (tertiary/aromatic N) is 1. The third-order valence-corrected chi connectivity index (χ3v) is 4.73. The molecule has 1 heterocycles. The van der Waals surface area contributed by atoms with Crippen molar-refractivity contribution in [2.75, 3.05) is 10.5 Å². The number of rotatable bonds is 3. The molecule has 0 aliphatic rings. The van der Waals surface area contributed by atoms with Crippen LogP contribution < -0.4 is 10.5 Å². The lowest BCUT2D eigenvalue weighted by atomic mass is 10.2. The van der Waals surface area contributed by atoms with Crippen molar-refractivity contribution in [2.45, 2.75) is 25.7 Å². The van der Waals surface area contributed by atoms with Gasteiger partial charge in [-0.25, -0.2) is 13.4 Å². The molecular weight excluding hydrogens is 310 g/mol. The highest BCUT2D eigenvalue weighted by Crippen LogP contribution is 2.27. The van der Waals surface area contributed by atoms with Crippen molar-refractivity contribution < 1.29 is 8.42 Å². The summed E-state index contributed by atoms with van der Waals surface area (Å²) in [6.07, 6.45) is 0. The van der Waals surface area contributed by atoms with Crippen LogP contribution in [0.1, 0.15) is 16.8 Å². The molecule has 0 spiro atoms. The van der Waals surface area contributed by atoms with Crippen molar-refractivity contribution in [1.29, 1.82) is 0 Å². The topological polar surface area (TPSA) is 85.1 Å². The van der Waals surface area contributed by atoms with E-state index in [0.717, 1.165) is 11.3 Å². The Morgan fingerprint density at radius 1 is 1.14 bits per heavy atom. The monoisotopic (exact) mass is 325 g/mol. The number of hydrogen-bond donors (Lipinski definition) is 2. The molecule has 0 saturated heterocycles. The molecule has 0 radical (unpaired) electrons. The van der Waals surface area contributed by atoms with Crippen LogP contribution in [0.4, 0.5) is 11.5 Å². The molecule has 0 atom stereocenters. The number of pyridine rings is 1. The molecule has 0 amide bonds. The van der Waals surface area contributed by atoms with Crippen LogP contribution in [0.15, 0.2) is 29.2 Å². The van der Waals surface area contributed by atoms with E-state index in [1.54, 1.807) is 19.9 Å². The van der Waals surface area contributed by atoms with E-state index in [-0.39, 0.29) is 10.7 Å². The highest BCUT2D eigenvalue weighted by atomic mass is 35.5. The predicted molar refractivity (Wildman–Crippen MR) is 85.1 cm³/mol. The minimum absolute atomic E-state index is 0.0107. The normalized spacial score (nSPS) is 11.4. The number of benzene rings is 1. The molecule has 0 aliphatic carbocycles. The van der Waals surface area contributed by atoms with Gasteiger partial charge in [-0.05, 0) is 56.2 Å². The van der Waals surface area contributed by atoms with Gasteiger partial charge < -0.3 is 5.73 Å². The Morgan fingerprint density at radius 2 is 1.81 bits per heavy atom. The van der Waals surface area contributed by atoms with E-state index in [9.17, 15) is 8.42 Å². The van der Waals surface area contributed by atoms with E-state index >= 15 is 0 Å². The first-order valence-electron chi connectivity index (χ1n) is 6.23. The number of aryl methyl sites for hydroxylation is 2. The zero-order valence-electron chi connectivity index (χ0n) is 11.9. The van der Waals surface area contributed by atoms with Crippen molar-refractivity contribution in [3.63, 3.8) is 0 Å². The second-order valence-electron chi connectivity index (χ2n) is 4.90. The van der Waals surface area contributed by atoms with Gasteiger partial charge in [0.05, 0.1) is 4.90 Å². The fraction of sp³-hybridized carbons (Fsp3) is 0.214. The summed E-state index contributed by atoms with van der Waals surface area (Å²) in [5, 5.41) is 0.309. The highest BCUT2D eigenvalue weighted by Gasteiger charge is 2.18. The van der Waals surface area contributed by atoms with Gasteiger partial charge in [0.15, 0.2) is 0 Å². The Hall–Kier alpha value is -1.79. The summed E-state index contributed by atoms with van der Waals surface area (Å²) in [7, 11) is -3.79. The second kappa shape index (κ2) is 5.54. The van der Waals surface area contributed by atoms with Crippen LogP contribution in [0.2, 0.25) is 5.02 Å².